The van der Waals surface area contributed by atoms with Gasteiger partial charge in [0.05, 0.1) is 44.0 Å². The maximum absolute atomic E-state index is 10.8. The molecule has 6 rings (SSSR count). The van der Waals surface area contributed by atoms with Crippen LogP contribution in [-0.2, 0) is 29.2 Å². The molecule has 2 aromatic carbocycles. The van der Waals surface area contributed by atoms with E-state index in [0.29, 0.717) is 5.69 Å². The Morgan fingerprint density at radius 2 is 1.40 bits per heavy atom. The molecule has 0 amide bonds. The summed E-state index contributed by atoms with van der Waals surface area (Å²) in [7, 11) is 3.64. The van der Waals surface area contributed by atoms with E-state index in [1.54, 1.807) is 37.4 Å². The van der Waals surface area contributed by atoms with E-state index in [-0.39, 0.29) is 52.6 Å². The van der Waals surface area contributed by atoms with Crippen LogP contribution in [0, 0.1) is 6.07 Å². The van der Waals surface area contributed by atoms with Crippen LogP contribution in [0.5, 0.6) is 11.5 Å². The summed E-state index contributed by atoms with van der Waals surface area (Å²) in [5, 5.41) is 10.8. The molecule has 0 bridgehead atoms. The van der Waals surface area contributed by atoms with Crippen LogP contribution in [0.25, 0.3) is 0 Å². The maximum Gasteiger partial charge on any atom is 2.00 e. The molecule has 2 aliphatic heterocycles. The fraction of sp³-hybridized carbons (Fsp3) is 0.424. The van der Waals surface area contributed by atoms with Crippen LogP contribution in [0.4, 0.5) is 0 Å². The first-order valence-electron chi connectivity index (χ1n) is 14.6. The van der Waals surface area contributed by atoms with Crippen LogP contribution in [0.15, 0.2) is 73.6 Å². The Hall–Kier alpha value is -2.74. The van der Waals surface area contributed by atoms with Gasteiger partial charge in [0.1, 0.15) is 17.0 Å². The molecule has 238 valence electrons. The molecule has 45 heavy (non-hydrogen) atoms. The van der Waals surface area contributed by atoms with Crippen LogP contribution >= 0.6 is 0 Å². The zero-order valence-corrected chi connectivity index (χ0v) is 29.2. The van der Waals surface area contributed by atoms with Crippen molar-refractivity contribution in [1.29, 1.82) is 0 Å². The number of hydrogen-bond acceptors (Lipinski definition) is 8. The molecule has 3 atom stereocenters. The SMILES string of the molecule is Cn1cncc1C(C)(O)c1ccc(OC2CCCCO2)cc1.Cn1cncc1C=O.[Br-].[Mg+2].[c-]1ccc(OC2CCCCO2)cc1. The zero-order chi connectivity index (χ0) is 30.5. The third-order valence-electron chi connectivity index (χ3n) is 7.21. The maximum atomic E-state index is 10.8. The molecular formula is C33H41BrMgN4O6. The number of nitrogens with zero attached hydrogens (tertiary/aromatic N) is 4. The second-order valence-corrected chi connectivity index (χ2v) is 10.6. The fourth-order valence-corrected chi connectivity index (χ4v) is 4.68. The van der Waals surface area contributed by atoms with Gasteiger partial charge in [-0.05, 0) is 50.3 Å². The topological polar surface area (TPSA) is 110 Å². The van der Waals surface area contributed by atoms with E-state index in [4.69, 9.17) is 18.9 Å². The van der Waals surface area contributed by atoms with Gasteiger partial charge in [-0.15, -0.1) is 12.1 Å². The molecular weight excluding hydrogens is 653 g/mol. The van der Waals surface area contributed by atoms with E-state index in [2.05, 4.69) is 16.0 Å². The number of carbonyl (C=O) groups excluding carboxylic acids is 1. The van der Waals surface area contributed by atoms with Gasteiger partial charge in [0.15, 0.2) is 18.9 Å². The number of imidazole rings is 2. The van der Waals surface area contributed by atoms with Crippen molar-refractivity contribution in [1.82, 2.24) is 19.1 Å². The van der Waals surface area contributed by atoms with E-state index >= 15 is 0 Å². The largest absolute Gasteiger partial charge is 2.00 e. The zero-order valence-electron chi connectivity index (χ0n) is 26.2. The molecule has 10 nitrogen and oxygen atoms in total. The predicted molar refractivity (Wildman–Crippen MR) is 166 cm³/mol. The quantitative estimate of drug-likeness (QED) is 0.178. The minimum Gasteiger partial charge on any atom is -1.00 e. The first-order valence-corrected chi connectivity index (χ1v) is 14.6. The van der Waals surface area contributed by atoms with Crippen LogP contribution in [0.1, 0.15) is 67.2 Å². The summed E-state index contributed by atoms with van der Waals surface area (Å²) in [6, 6.07) is 17.9. The first-order chi connectivity index (χ1) is 20.9. The Bertz CT molecular complexity index is 1370. The van der Waals surface area contributed by atoms with E-state index < -0.39 is 5.60 Å². The number of aryl methyl sites for hydroxylation is 2. The third-order valence-corrected chi connectivity index (χ3v) is 7.21. The Balaban J connectivity index is 0.000000260. The Labute approximate surface area is 292 Å². The number of hydrogen-bond donors (Lipinski definition) is 1. The van der Waals surface area contributed by atoms with Crippen molar-refractivity contribution >= 4 is 29.3 Å². The van der Waals surface area contributed by atoms with Crippen LogP contribution in [-0.4, -0.2) is 79.3 Å². The van der Waals surface area contributed by atoms with Gasteiger partial charge in [0.2, 0.25) is 0 Å². The molecule has 0 aliphatic carbocycles. The smallest absolute Gasteiger partial charge is 1.00 e. The summed E-state index contributed by atoms with van der Waals surface area (Å²) in [6.07, 6.45) is 13.6. The molecule has 1 N–H and O–H groups in total. The van der Waals surface area contributed by atoms with Gasteiger partial charge >= 0.3 is 23.1 Å². The number of aliphatic hydroxyl groups is 1. The summed E-state index contributed by atoms with van der Waals surface area (Å²) in [6.45, 7) is 3.35. The first kappa shape index (κ1) is 38.4. The van der Waals surface area contributed by atoms with Gasteiger partial charge in [0.25, 0.3) is 0 Å². The predicted octanol–water partition coefficient (Wildman–Crippen LogP) is 1.83. The molecule has 0 spiro atoms. The normalized spacial score (nSPS) is 18.6. The van der Waals surface area contributed by atoms with Gasteiger partial charge in [-0.3, -0.25) is 4.79 Å². The van der Waals surface area contributed by atoms with E-state index in [1.807, 2.05) is 60.1 Å². The van der Waals surface area contributed by atoms with Gasteiger partial charge in [-0.1, -0.05) is 12.1 Å². The number of benzene rings is 2. The molecule has 0 radical (unpaired) electrons. The Morgan fingerprint density at radius 1 is 0.867 bits per heavy atom. The summed E-state index contributed by atoms with van der Waals surface area (Å²) in [5.74, 6) is 1.63. The Kier molecular flexibility index (Phi) is 16.8. The number of rotatable bonds is 7. The average molecular weight is 694 g/mol. The summed E-state index contributed by atoms with van der Waals surface area (Å²) >= 11 is 0. The minimum absolute atomic E-state index is 0. The molecule has 3 unspecified atom stereocenters. The molecule has 12 heteroatoms. The van der Waals surface area contributed by atoms with Crippen molar-refractivity contribution in [2.45, 2.75) is 63.6 Å². The molecule has 0 saturated carbocycles. The van der Waals surface area contributed by atoms with Crippen molar-refractivity contribution in [3.8, 4) is 11.5 Å². The number of aldehydes is 1. The summed E-state index contributed by atoms with van der Waals surface area (Å²) in [5.41, 5.74) is 1.06. The van der Waals surface area contributed by atoms with Crippen molar-refractivity contribution in [2.24, 2.45) is 14.1 Å². The molecule has 2 aromatic heterocycles. The molecule has 2 fully saturated rings. The van der Waals surface area contributed by atoms with Gasteiger partial charge in [-0.25, -0.2) is 9.97 Å². The van der Waals surface area contributed by atoms with Crippen LogP contribution in [0.2, 0.25) is 0 Å². The standard InChI is InChI=1S/C17H22N2O3.C11H13O2.C5H6N2O.BrH.Mg/c1-17(20,15-11-18-12-19(15)2)13-6-8-14(9-7-13)22-16-5-3-4-10-21-16;1-2-6-10(7-3-1)13-11-8-4-5-9-12-11;1-7-4-6-2-5(7)3-8;;/h6-9,11-12,16,20H,3-5,10H2,1-2H3;2-3,6-7,11H,4-5,8-9H2;2-4H,1H3;1H;/q;-1;;;+2/p-1. The van der Waals surface area contributed by atoms with Crippen molar-refractivity contribution in [2.75, 3.05) is 13.2 Å². The molecule has 2 saturated heterocycles. The summed E-state index contributed by atoms with van der Waals surface area (Å²) < 4.78 is 25.9. The molecule has 2 aliphatic rings. The average Bonchev–Trinajstić information content (AvgIpc) is 3.67. The Morgan fingerprint density at radius 3 is 1.82 bits per heavy atom. The number of aromatic nitrogens is 4. The monoisotopic (exact) mass is 692 g/mol. The van der Waals surface area contributed by atoms with Gasteiger partial charge in [-0.2, -0.15) is 18.2 Å². The third kappa shape index (κ3) is 11.8. The van der Waals surface area contributed by atoms with Crippen molar-refractivity contribution in [3.05, 3.63) is 96.6 Å². The second kappa shape index (κ2) is 19.7. The van der Waals surface area contributed by atoms with Crippen molar-refractivity contribution < 1.29 is 45.8 Å². The fourth-order valence-electron chi connectivity index (χ4n) is 4.68. The van der Waals surface area contributed by atoms with Crippen molar-refractivity contribution in [3.63, 3.8) is 0 Å². The number of ether oxygens (including phenoxy) is 4. The van der Waals surface area contributed by atoms with Gasteiger partial charge in [0, 0.05) is 32.7 Å². The van der Waals surface area contributed by atoms with E-state index in [1.165, 1.54) is 12.6 Å². The van der Waals surface area contributed by atoms with E-state index in [0.717, 1.165) is 74.4 Å². The van der Waals surface area contributed by atoms with E-state index in [9.17, 15) is 9.90 Å². The van der Waals surface area contributed by atoms with Gasteiger partial charge < -0.3 is 50.2 Å². The molecule has 4 aromatic rings. The summed E-state index contributed by atoms with van der Waals surface area (Å²) in [4.78, 5) is 17.8. The van der Waals surface area contributed by atoms with Crippen LogP contribution in [0.3, 0.4) is 0 Å². The number of carbonyl (C=O) groups is 1. The van der Waals surface area contributed by atoms with Crippen LogP contribution < -0.4 is 26.5 Å². The minimum atomic E-state index is -1.09. The molecule has 4 heterocycles. The number of halogens is 1. The second-order valence-electron chi connectivity index (χ2n) is 10.6.